The van der Waals surface area contributed by atoms with Crippen LogP contribution < -0.4 is 5.32 Å². The Bertz CT molecular complexity index is 234. The minimum Gasteiger partial charge on any atom is -0.313 e. The van der Waals surface area contributed by atoms with Gasteiger partial charge in [0, 0.05) is 12.6 Å². The first-order chi connectivity index (χ1) is 8.05. The first kappa shape index (κ1) is 13.4. The third-order valence-corrected chi connectivity index (χ3v) is 5.51. The summed E-state index contributed by atoms with van der Waals surface area (Å²) in [6.07, 6.45) is 12.8. The lowest BCUT2D eigenvalue weighted by Crippen LogP contribution is -2.43. The van der Waals surface area contributed by atoms with E-state index in [0.717, 1.165) is 6.04 Å². The summed E-state index contributed by atoms with van der Waals surface area (Å²) in [5.41, 5.74) is 1.27. The molecular formula is C16H31N. The van der Waals surface area contributed by atoms with Crippen molar-refractivity contribution >= 4 is 0 Å². The zero-order valence-corrected chi connectivity index (χ0v) is 12.1. The van der Waals surface area contributed by atoms with Crippen molar-refractivity contribution in [2.45, 2.75) is 84.6 Å². The van der Waals surface area contributed by atoms with Crippen LogP contribution in [0.5, 0.6) is 0 Å². The molecule has 2 saturated carbocycles. The van der Waals surface area contributed by atoms with Crippen LogP contribution in [0.3, 0.4) is 0 Å². The Kier molecular flexibility index (Phi) is 4.18. The summed E-state index contributed by atoms with van der Waals surface area (Å²) in [6.45, 7) is 8.54. The van der Waals surface area contributed by atoms with Gasteiger partial charge in [-0.05, 0) is 55.8 Å². The zero-order chi connectivity index (χ0) is 12.4. The topological polar surface area (TPSA) is 12.0 Å². The minimum absolute atomic E-state index is 0.593. The lowest BCUT2D eigenvalue weighted by atomic mass is 9.67. The normalized spacial score (nSPS) is 31.6. The second-order valence-electron chi connectivity index (χ2n) is 7.38. The van der Waals surface area contributed by atoms with Gasteiger partial charge in [0.25, 0.3) is 0 Å². The van der Waals surface area contributed by atoms with Crippen LogP contribution in [0.1, 0.15) is 78.6 Å². The molecule has 0 amide bonds. The molecular weight excluding hydrogens is 206 g/mol. The Balaban J connectivity index is 1.76. The first-order valence-electron chi connectivity index (χ1n) is 7.79. The summed E-state index contributed by atoms with van der Waals surface area (Å²) in [5.74, 6) is 0. The highest BCUT2D eigenvalue weighted by Gasteiger charge is 2.35. The summed E-state index contributed by atoms with van der Waals surface area (Å²) in [4.78, 5) is 0. The largest absolute Gasteiger partial charge is 0.313 e. The van der Waals surface area contributed by atoms with Crippen LogP contribution in [0.25, 0.3) is 0 Å². The number of rotatable bonds is 4. The fraction of sp³-hybridized carbons (Fsp3) is 1.00. The average molecular weight is 237 g/mol. The van der Waals surface area contributed by atoms with E-state index in [0.29, 0.717) is 10.8 Å². The average Bonchev–Trinajstić information content (AvgIpc) is 2.39. The van der Waals surface area contributed by atoms with Crippen LogP contribution in [0.15, 0.2) is 0 Å². The van der Waals surface area contributed by atoms with Gasteiger partial charge in [-0.15, -0.1) is 0 Å². The quantitative estimate of drug-likeness (QED) is 0.709. The Morgan fingerprint density at radius 2 is 1.76 bits per heavy atom. The van der Waals surface area contributed by atoms with E-state index in [1.165, 1.54) is 64.3 Å². The van der Waals surface area contributed by atoms with Gasteiger partial charge in [0.15, 0.2) is 0 Å². The van der Waals surface area contributed by atoms with Crippen LogP contribution in [0.2, 0.25) is 0 Å². The van der Waals surface area contributed by atoms with E-state index in [4.69, 9.17) is 0 Å². The molecule has 2 aliphatic rings. The molecule has 0 saturated heterocycles. The van der Waals surface area contributed by atoms with E-state index in [2.05, 4.69) is 26.1 Å². The molecule has 2 fully saturated rings. The third kappa shape index (κ3) is 3.47. The van der Waals surface area contributed by atoms with Crippen molar-refractivity contribution in [1.29, 1.82) is 0 Å². The Labute approximate surface area is 108 Å². The molecule has 0 aromatic rings. The molecule has 0 aromatic carbocycles. The molecule has 1 unspecified atom stereocenters. The second kappa shape index (κ2) is 5.30. The van der Waals surface area contributed by atoms with Crippen LogP contribution in [0, 0.1) is 10.8 Å². The van der Waals surface area contributed by atoms with E-state index in [-0.39, 0.29) is 0 Å². The Morgan fingerprint density at radius 3 is 2.35 bits per heavy atom. The lowest BCUT2D eigenvalue weighted by Gasteiger charge is -2.42. The molecule has 1 atom stereocenters. The van der Waals surface area contributed by atoms with E-state index < -0.39 is 0 Å². The van der Waals surface area contributed by atoms with Gasteiger partial charge in [-0.2, -0.15) is 0 Å². The van der Waals surface area contributed by atoms with E-state index in [1.54, 1.807) is 0 Å². The summed E-state index contributed by atoms with van der Waals surface area (Å²) in [6, 6.07) is 0.806. The van der Waals surface area contributed by atoms with Crippen molar-refractivity contribution in [3.05, 3.63) is 0 Å². The Morgan fingerprint density at radius 1 is 1.00 bits per heavy atom. The lowest BCUT2D eigenvalue weighted by molar-refractivity contribution is 0.117. The number of hydrogen-bond donors (Lipinski definition) is 1. The second-order valence-corrected chi connectivity index (χ2v) is 7.38. The van der Waals surface area contributed by atoms with Gasteiger partial charge in [0.05, 0.1) is 0 Å². The van der Waals surface area contributed by atoms with Crippen LogP contribution in [-0.2, 0) is 0 Å². The monoisotopic (exact) mass is 237 g/mol. The highest BCUT2D eigenvalue weighted by Crippen LogP contribution is 2.43. The Hall–Kier alpha value is -0.0400. The predicted molar refractivity (Wildman–Crippen MR) is 75.2 cm³/mol. The fourth-order valence-electron chi connectivity index (χ4n) is 3.56. The minimum atomic E-state index is 0.593. The molecule has 1 N–H and O–H groups in total. The standard InChI is InChI=1S/C16H31N/c1-4-16(10-6-11-16)13-17-14-7-5-9-15(2,3)12-8-14/h14,17H,4-13H2,1-3H3. The van der Waals surface area contributed by atoms with Crippen LogP contribution in [0.4, 0.5) is 0 Å². The van der Waals surface area contributed by atoms with Crippen molar-refractivity contribution in [3.8, 4) is 0 Å². The maximum Gasteiger partial charge on any atom is 0.00675 e. The summed E-state index contributed by atoms with van der Waals surface area (Å²) >= 11 is 0. The van der Waals surface area contributed by atoms with Crippen LogP contribution in [-0.4, -0.2) is 12.6 Å². The molecule has 0 heterocycles. The summed E-state index contributed by atoms with van der Waals surface area (Å²) in [5, 5.41) is 3.89. The van der Waals surface area contributed by atoms with Crippen molar-refractivity contribution in [3.63, 3.8) is 0 Å². The third-order valence-electron chi connectivity index (χ3n) is 5.51. The summed E-state index contributed by atoms with van der Waals surface area (Å²) in [7, 11) is 0. The predicted octanol–water partition coefficient (Wildman–Crippen LogP) is 4.52. The molecule has 1 heteroatoms. The van der Waals surface area contributed by atoms with Crippen molar-refractivity contribution in [2.75, 3.05) is 6.54 Å². The molecule has 2 aliphatic carbocycles. The molecule has 0 radical (unpaired) electrons. The smallest absolute Gasteiger partial charge is 0.00675 e. The van der Waals surface area contributed by atoms with Crippen molar-refractivity contribution in [2.24, 2.45) is 10.8 Å². The molecule has 0 aliphatic heterocycles. The maximum atomic E-state index is 3.89. The summed E-state index contributed by atoms with van der Waals surface area (Å²) < 4.78 is 0. The van der Waals surface area contributed by atoms with E-state index in [9.17, 15) is 0 Å². The van der Waals surface area contributed by atoms with Gasteiger partial charge < -0.3 is 5.32 Å². The molecule has 2 rings (SSSR count). The molecule has 1 nitrogen and oxygen atoms in total. The molecule has 17 heavy (non-hydrogen) atoms. The highest BCUT2D eigenvalue weighted by atomic mass is 14.9. The molecule has 0 aromatic heterocycles. The fourth-order valence-corrected chi connectivity index (χ4v) is 3.56. The van der Waals surface area contributed by atoms with Crippen LogP contribution >= 0.6 is 0 Å². The van der Waals surface area contributed by atoms with Gasteiger partial charge >= 0.3 is 0 Å². The molecule has 100 valence electrons. The first-order valence-corrected chi connectivity index (χ1v) is 7.79. The maximum absolute atomic E-state index is 3.89. The van der Waals surface area contributed by atoms with Gasteiger partial charge in [0.1, 0.15) is 0 Å². The van der Waals surface area contributed by atoms with E-state index >= 15 is 0 Å². The van der Waals surface area contributed by atoms with Gasteiger partial charge in [-0.1, -0.05) is 33.6 Å². The highest BCUT2D eigenvalue weighted by molar-refractivity contribution is 4.90. The number of hydrogen-bond acceptors (Lipinski definition) is 1. The van der Waals surface area contributed by atoms with Gasteiger partial charge in [-0.3, -0.25) is 0 Å². The zero-order valence-electron chi connectivity index (χ0n) is 12.1. The van der Waals surface area contributed by atoms with Gasteiger partial charge in [0.2, 0.25) is 0 Å². The molecule has 0 bridgehead atoms. The SMILES string of the molecule is CCC1(CNC2CCCC(C)(C)CC2)CCC1. The van der Waals surface area contributed by atoms with Crippen molar-refractivity contribution < 1.29 is 0 Å². The van der Waals surface area contributed by atoms with Crippen molar-refractivity contribution in [1.82, 2.24) is 5.32 Å². The number of nitrogens with one attached hydrogen (secondary N) is 1. The molecule has 0 spiro atoms. The van der Waals surface area contributed by atoms with Gasteiger partial charge in [-0.25, -0.2) is 0 Å². The van der Waals surface area contributed by atoms with E-state index in [1.807, 2.05) is 0 Å².